The highest BCUT2D eigenvalue weighted by molar-refractivity contribution is 7.98. The summed E-state index contributed by atoms with van der Waals surface area (Å²) in [5, 5.41) is 7.19. The molecule has 110 valence electrons. The zero-order valence-electron chi connectivity index (χ0n) is 12.5. The molecule has 0 fully saturated rings. The molecule has 2 aromatic rings. The fourth-order valence-electron chi connectivity index (χ4n) is 2.14. The Morgan fingerprint density at radius 2 is 1.52 bits per heavy atom. The van der Waals surface area contributed by atoms with Crippen LogP contribution in [-0.2, 0) is 0 Å². The van der Waals surface area contributed by atoms with Crippen molar-refractivity contribution in [3.8, 4) is 0 Å². The van der Waals surface area contributed by atoms with Crippen LogP contribution in [-0.4, -0.2) is 11.4 Å². The normalized spacial score (nSPS) is 10.5. The number of hydrogen-bond donors (Lipinski definition) is 2. The highest BCUT2D eigenvalue weighted by atomic mass is 32.2. The summed E-state index contributed by atoms with van der Waals surface area (Å²) < 4.78 is 0. The van der Waals surface area contributed by atoms with Crippen LogP contribution in [0.25, 0.3) is 0 Å². The molecule has 2 N–H and O–H groups in total. The van der Waals surface area contributed by atoms with Crippen molar-refractivity contribution < 1.29 is 0 Å². The number of nitrogens with one attached hydrogen (secondary N) is 2. The first-order valence-corrected chi connectivity index (χ1v) is 8.55. The van der Waals surface area contributed by atoms with Gasteiger partial charge in [-0.2, -0.15) is 0 Å². The van der Waals surface area contributed by atoms with Crippen LogP contribution in [0.15, 0.2) is 53.4 Å². The van der Waals surface area contributed by atoms with Crippen LogP contribution in [0, 0.1) is 0 Å². The first kappa shape index (κ1) is 15.9. The van der Waals surface area contributed by atoms with Gasteiger partial charge in [0.1, 0.15) is 0 Å². The summed E-state index contributed by atoms with van der Waals surface area (Å²) >= 11 is 7.14. The largest absolute Gasteiger partial charge is 0.332 e. The van der Waals surface area contributed by atoms with E-state index in [9.17, 15) is 0 Å². The smallest absolute Gasteiger partial charge is 0.175 e. The van der Waals surface area contributed by atoms with E-state index < -0.39 is 0 Å². The minimum Gasteiger partial charge on any atom is -0.332 e. The molecule has 0 saturated carbocycles. The van der Waals surface area contributed by atoms with E-state index in [1.165, 1.54) is 10.5 Å². The number of thiocarbonyl (C=S) groups is 1. The van der Waals surface area contributed by atoms with Gasteiger partial charge in [0, 0.05) is 10.6 Å². The third-order valence-electron chi connectivity index (χ3n) is 3.19. The molecule has 0 atom stereocenters. The Labute approximate surface area is 136 Å². The maximum atomic E-state index is 5.44. The predicted octanol–water partition coefficient (Wildman–Crippen LogP) is 5.34. The molecule has 21 heavy (non-hydrogen) atoms. The Bertz CT molecular complexity index is 624. The van der Waals surface area contributed by atoms with Gasteiger partial charge in [0.25, 0.3) is 0 Å². The number of anilines is 2. The molecule has 0 amide bonds. The molecule has 2 nitrogen and oxygen atoms in total. The summed E-state index contributed by atoms with van der Waals surface area (Å²) in [7, 11) is 0. The lowest BCUT2D eigenvalue weighted by Gasteiger charge is -2.17. The lowest BCUT2D eigenvalue weighted by molar-refractivity contribution is 0.869. The van der Waals surface area contributed by atoms with Crippen molar-refractivity contribution in [2.24, 2.45) is 0 Å². The lowest BCUT2D eigenvalue weighted by atomic mass is 10.0. The topological polar surface area (TPSA) is 24.1 Å². The molecule has 0 aliphatic heterocycles. The number of thioether (sulfide) groups is 1. The molecule has 2 aromatic carbocycles. The number of rotatable bonds is 4. The molecule has 0 radical (unpaired) electrons. The first-order chi connectivity index (χ1) is 10.1. The van der Waals surface area contributed by atoms with E-state index in [0.29, 0.717) is 11.0 Å². The average Bonchev–Trinajstić information content (AvgIpc) is 2.48. The van der Waals surface area contributed by atoms with E-state index in [2.05, 4.69) is 55.0 Å². The van der Waals surface area contributed by atoms with Gasteiger partial charge in [0.15, 0.2) is 5.11 Å². The van der Waals surface area contributed by atoms with Gasteiger partial charge in [-0.1, -0.05) is 44.2 Å². The summed E-state index contributed by atoms with van der Waals surface area (Å²) in [5.74, 6) is 0.454. The Morgan fingerprint density at radius 3 is 2.19 bits per heavy atom. The zero-order chi connectivity index (χ0) is 15.2. The van der Waals surface area contributed by atoms with Gasteiger partial charge < -0.3 is 10.6 Å². The second-order valence-electron chi connectivity index (χ2n) is 5.02. The van der Waals surface area contributed by atoms with Crippen LogP contribution in [0.3, 0.4) is 0 Å². The number of benzene rings is 2. The van der Waals surface area contributed by atoms with Gasteiger partial charge in [0.05, 0.1) is 5.69 Å². The van der Waals surface area contributed by atoms with Crippen molar-refractivity contribution in [1.29, 1.82) is 0 Å². The fraction of sp³-hybridized carbons (Fsp3) is 0.235. The van der Waals surface area contributed by atoms with Gasteiger partial charge in [0.2, 0.25) is 0 Å². The van der Waals surface area contributed by atoms with Crippen molar-refractivity contribution in [3.63, 3.8) is 0 Å². The zero-order valence-corrected chi connectivity index (χ0v) is 14.1. The third kappa shape index (κ3) is 4.22. The van der Waals surface area contributed by atoms with E-state index in [4.69, 9.17) is 12.2 Å². The Morgan fingerprint density at radius 1 is 0.952 bits per heavy atom. The van der Waals surface area contributed by atoms with Crippen molar-refractivity contribution in [3.05, 3.63) is 54.1 Å². The van der Waals surface area contributed by atoms with Crippen molar-refractivity contribution in [2.75, 3.05) is 16.9 Å². The van der Waals surface area contributed by atoms with Crippen molar-refractivity contribution in [1.82, 2.24) is 0 Å². The fourth-order valence-corrected chi connectivity index (χ4v) is 2.91. The maximum Gasteiger partial charge on any atom is 0.175 e. The maximum absolute atomic E-state index is 5.44. The van der Waals surface area contributed by atoms with Gasteiger partial charge in [-0.05, 0) is 48.2 Å². The third-order valence-corrected chi connectivity index (χ3v) is 4.19. The molecule has 2 rings (SSSR count). The van der Waals surface area contributed by atoms with E-state index >= 15 is 0 Å². The van der Waals surface area contributed by atoms with Crippen LogP contribution in [0.1, 0.15) is 25.3 Å². The molecule has 4 heteroatoms. The molecule has 0 aromatic heterocycles. The average molecular weight is 316 g/mol. The van der Waals surface area contributed by atoms with Crippen LogP contribution in [0.4, 0.5) is 11.4 Å². The number of hydrogen-bond acceptors (Lipinski definition) is 2. The lowest BCUT2D eigenvalue weighted by Crippen LogP contribution is -2.20. The molecule has 0 saturated heterocycles. The SMILES string of the molecule is CSc1ccccc1NC(=S)Nc1ccccc1C(C)C. The minimum atomic E-state index is 0.454. The highest BCUT2D eigenvalue weighted by Gasteiger charge is 2.08. The summed E-state index contributed by atoms with van der Waals surface area (Å²) in [6.45, 7) is 4.36. The minimum absolute atomic E-state index is 0.454. The Balaban J connectivity index is 2.12. The molecule has 0 aliphatic carbocycles. The van der Waals surface area contributed by atoms with E-state index in [0.717, 1.165) is 11.4 Å². The highest BCUT2D eigenvalue weighted by Crippen LogP contribution is 2.26. The molecular formula is C17H20N2S2. The van der Waals surface area contributed by atoms with E-state index in [1.807, 2.05) is 24.3 Å². The van der Waals surface area contributed by atoms with Crippen LogP contribution < -0.4 is 10.6 Å². The predicted molar refractivity (Wildman–Crippen MR) is 98.6 cm³/mol. The first-order valence-electron chi connectivity index (χ1n) is 6.91. The van der Waals surface area contributed by atoms with Gasteiger partial charge in [-0.15, -0.1) is 11.8 Å². The quantitative estimate of drug-likeness (QED) is 0.587. The molecule has 0 unspecified atom stereocenters. The van der Waals surface area contributed by atoms with Crippen molar-refractivity contribution in [2.45, 2.75) is 24.7 Å². The van der Waals surface area contributed by atoms with Crippen LogP contribution in [0.5, 0.6) is 0 Å². The summed E-state index contributed by atoms with van der Waals surface area (Å²) in [6, 6.07) is 16.4. The van der Waals surface area contributed by atoms with Crippen molar-refractivity contribution >= 4 is 40.5 Å². The van der Waals surface area contributed by atoms with E-state index in [1.54, 1.807) is 11.8 Å². The molecule has 0 bridgehead atoms. The summed E-state index contributed by atoms with van der Waals surface area (Å²) in [4.78, 5) is 1.18. The van der Waals surface area contributed by atoms with Gasteiger partial charge in [-0.25, -0.2) is 0 Å². The Hall–Kier alpha value is -1.52. The molecule has 0 heterocycles. The van der Waals surface area contributed by atoms with Gasteiger partial charge in [-0.3, -0.25) is 0 Å². The summed E-state index contributed by atoms with van der Waals surface area (Å²) in [5.41, 5.74) is 3.36. The molecular weight excluding hydrogens is 296 g/mol. The number of para-hydroxylation sites is 2. The van der Waals surface area contributed by atoms with Crippen LogP contribution >= 0.6 is 24.0 Å². The second-order valence-corrected chi connectivity index (χ2v) is 6.28. The van der Waals surface area contributed by atoms with Crippen LogP contribution in [0.2, 0.25) is 0 Å². The monoisotopic (exact) mass is 316 g/mol. The Kier molecular flexibility index (Phi) is 5.65. The molecule has 0 spiro atoms. The van der Waals surface area contributed by atoms with Gasteiger partial charge >= 0.3 is 0 Å². The summed E-state index contributed by atoms with van der Waals surface area (Å²) in [6.07, 6.45) is 2.06. The molecule has 0 aliphatic rings. The van der Waals surface area contributed by atoms with E-state index in [-0.39, 0.29) is 0 Å². The second kappa shape index (κ2) is 7.48. The standard InChI is InChI=1S/C17H20N2S2/c1-12(2)13-8-4-5-9-14(13)18-17(20)19-15-10-6-7-11-16(15)21-3/h4-12H,1-3H3,(H2,18,19,20).